The second-order valence-electron chi connectivity index (χ2n) is 10.8. The standard InChI is InChI=1S/C29H39N3O2/c1-29(2,3)21-32-16-14-22(15-17-32)26-20-30-27-13-12-23(19-25(26)27)31-28(33)11-7-8-18-34-24-9-5-4-6-10-24/h4-6,9-10,12-13,19-20,22,30H,7-8,11,14-18,21H2,1-3H3,(H,31,33). The van der Waals surface area contributed by atoms with Crippen molar-refractivity contribution in [2.24, 2.45) is 5.41 Å². The van der Waals surface area contributed by atoms with E-state index in [4.69, 9.17) is 4.74 Å². The lowest BCUT2D eigenvalue weighted by Gasteiger charge is -2.36. The van der Waals surface area contributed by atoms with Crippen LogP contribution in [0.4, 0.5) is 5.69 Å². The van der Waals surface area contributed by atoms with Crippen LogP contribution in [-0.4, -0.2) is 42.0 Å². The number of aromatic nitrogens is 1. The van der Waals surface area contributed by atoms with Crippen molar-refractivity contribution in [2.75, 3.05) is 31.6 Å². The molecule has 0 bridgehead atoms. The molecule has 1 aromatic heterocycles. The van der Waals surface area contributed by atoms with Crippen molar-refractivity contribution >= 4 is 22.5 Å². The minimum absolute atomic E-state index is 0.0617. The Morgan fingerprint density at radius 1 is 1.09 bits per heavy atom. The first kappa shape index (κ1) is 24.3. The van der Waals surface area contributed by atoms with Crippen LogP contribution in [-0.2, 0) is 4.79 Å². The summed E-state index contributed by atoms with van der Waals surface area (Å²) in [5.74, 6) is 1.51. The van der Waals surface area contributed by atoms with Gasteiger partial charge in [-0.15, -0.1) is 0 Å². The number of nitrogens with zero attached hydrogens (tertiary/aromatic N) is 1. The van der Waals surface area contributed by atoms with Gasteiger partial charge in [0.2, 0.25) is 5.91 Å². The Bertz CT molecular complexity index is 1060. The second-order valence-corrected chi connectivity index (χ2v) is 10.8. The third kappa shape index (κ3) is 6.86. The Morgan fingerprint density at radius 2 is 1.85 bits per heavy atom. The van der Waals surface area contributed by atoms with Gasteiger partial charge in [-0.2, -0.15) is 0 Å². The third-order valence-corrected chi connectivity index (χ3v) is 6.53. The van der Waals surface area contributed by atoms with Crippen LogP contribution in [0.1, 0.15) is 64.4 Å². The molecule has 1 aliphatic rings. The predicted molar refractivity (Wildman–Crippen MR) is 141 cm³/mol. The topological polar surface area (TPSA) is 57.4 Å². The molecule has 1 amide bonds. The number of ether oxygens (including phenoxy) is 1. The van der Waals surface area contributed by atoms with E-state index in [1.807, 2.05) is 36.4 Å². The number of rotatable bonds is 9. The molecule has 2 N–H and O–H groups in total. The van der Waals surface area contributed by atoms with E-state index < -0.39 is 0 Å². The summed E-state index contributed by atoms with van der Waals surface area (Å²) in [6.07, 6.45) is 6.71. The molecular formula is C29H39N3O2. The van der Waals surface area contributed by atoms with Gasteiger partial charge in [0, 0.05) is 35.8 Å². The van der Waals surface area contributed by atoms with Gasteiger partial charge < -0.3 is 19.9 Å². The van der Waals surface area contributed by atoms with Gasteiger partial charge in [0.1, 0.15) is 5.75 Å². The summed E-state index contributed by atoms with van der Waals surface area (Å²) in [6.45, 7) is 11.0. The first-order valence-corrected chi connectivity index (χ1v) is 12.7. The highest BCUT2D eigenvalue weighted by molar-refractivity contribution is 5.94. The number of H-pyrrole nitrogens is 1. The first-order chi connectivity index (χ1) is 16.4. The smallest absolute Gasteiger partial charge is 0.224 e. The maximum absolute atomic E-state index is 12.5. The van der Waals surface area contributed by atoms with Gasteiger partial charge in [-0.05, 0) is 86.0 Å². The van der Waals surface area contributed by atoms with Gasteiger partial charge >= 0.3 is 0 Å². The normalized spacial score (nSPS) is 15.5. The summed E-state index contributed by atoms with van der Waals surface area (Å²) >= 11 is 0. The third-order valence-electron chi connectivity index (χ3n) is 6.53. The number of carbonyl (C=O) groups excluding carboxylic acids is 1. The molecule has 0 aliphatic carbocycles. The SMILES string of the molecule is CC(C)(C)CN1CCC(c2c[nH]c3ccc(NC(=O)CCCCOc4ccccc4)cc23)CC1. The van der Waals surface area contributed by atoms with Gasteiger partial charge in [-0.25, -0.2) is 0 Å². The van der Waals surface area contributed by atoms with Crippen LogP contribution in [0.5, 0.6) is 5.75 Å². The first-order valence-electron chi connectivity index (χ1n) is 12.7. The van der Waals surface area contributed by atoms with Crippen LogP contribution in [0.2, 0.25) is 0 Å². The Kier molecular flexibility index (Phi) is 7.94. The molecule has 34 heavy (non-hydrogen) atoms. The monoisotopic (exact) mass is 461 g/mol. The molecular weight excluding hydrogens is 422 g/mol. The van der Waals surface area contributed by atoms with Gasteiger partial charge in [0.05, 0.1) is 6.61 Å². The number of piperidine rings is 1. The number of nitrogens with one attached hydrogen (secondary N) is 2. The predicted octanol–water partition coefficient (Wildman–Crippen LogP) is 6.58. The van der Waals surface area contributed by atoms with Crippen LogP contribution < -0.4 is 10.1 Å². The van der Waals surface area contributed by atoms with E-state index in [9.17, 15) is 4.79 Å². The number of amides is 1. The van der Waals surface area contributed by atoms with Gasteiger partial charge in [0.15, 0.2) is 0 Å². The summed E-state index contributed by atoms with van der Waals surface area (Å²) in [4.78, 5) is 18.5. The molecule has 1 aliphatic heterocycles. The van der Waals surface area contributed by atoms with E-state index in [1.54, 1.807) is 0 Å². The van der Waals surface area contributed by atoms with Crippen molar-refractivity contribution in [3.05, 3.63) is 60.3 Å². The molecule has 0 radical (unpaired) electrons. The van der Waals surface area contributed by atoms with E-state index in [-0.39, 0.29) is 5.91 Å². The minimum atomic E-state index is 0.0617. The van der Waals surface area contributed by atoms with Crippen LogP contribution in [0, 0.1) is 5.41 Å². The number of hydrogen-bond acceptors (Lipinski definition) is 3. The molecule has 182 valence electrons. The number of aromatic amines is 1. The Morgan fingerprint density at radius 3 is 2.59 bits per heavy atom. The molecule has 2 heterocycles. The number of benzene rings is 2. The maximum atomic E-state index is 12.5. The van der Waals surface area contributed by atoms with Crippen molar-refractivity contribution in [1.82, 2.24) is 9.88 Å². The molecule has 2 aromatic carbocycles. The molecule has 4 rings (SSSR count). The molecule has 1 saturated heterocycles. The highest BCUT2D eigenvalue weighted by Gasteiger charge is 2.25. The van der Waals surface area contributed by atoms with Crippen molar-refractivity contribution in [1.29, 1.82) is 0 Å². The quantitative estimate of drug-likeness (QED) is 0.354. The zero-order valence-electron chi connectivity index (χ0n) is 20.9. The number of para-hydroxylation sites is 1. The number of hydrogen-bond donors (Lipinski definition) is 2. The fraction of sp³-hybridized carbons (Fsp3) is 0.483. The van der Waals surface area contributed by atoms with Crippen LogP contribution in [0.25, 0.3) is 10.9 Å². The molecule has 0 spiro atoms. The molecule has 0 unspecified atom stereocenters. The lowest BCUT2D eigenvalue weighted by atomic mass is 9.87. The van der Waals surface area contributed by atoms with Gasteiger partial charge in [-0.1, -0.05) is 39.0 Å². The second kappa shape index (κ2) is 11.1. The van der Waals surface area contributed by atoms with Crippen molar-refractivity contribution < 1.29 is 9.53 Å². The lowest BCUT2D eigenvalue weighted by Crippen LogP contribution is -2.38. The Hall–Kier alpha value is -2.79. The van der Waals surface area contributed by atoms with Gasteiger partial charge in [0.25, 0.3) is 0 Å². The maximum Gasteiger partial charge on any atom is 0.224 e. The van der Waals surface area contributed by atoms with Crippen molar-refractivity contribution in [2.45, 2.75) is 58.8 Å². The number of fused-ring (bicyclic) bond motifs is 1. The van der Waals surface area contributed by atoms with Crippen molar-refractivity contribution in [3.63, 3.8) is 0 Å². The highest BCUT2D eigenvalue weighted by atomic mass is 16.5. The van der Waals surface area contributed by atoms with Crippen LogP contribution >= 0.6 is 0 Å². The van der Waals surface area contributed by atoms with Crippen LogP contribution in [0.3, 0.4) is 0 Å². The van der Waals surface area contributed by atoms with Gasteiger partial charge in [-0.3, -0.25) is 4.79 Å². The van der Waals surface area contributed by atoms with E-state index in [0.717, 1.165) is 49.4 Å². The fourth-order valence-corrected chi connectivity index (χ4v) is 4.95. The summed E-state index contributed by atoms with van der Waals surface area (Å²) in [7, 11) is 0. The Labute approximate surface area is 203 Å². The van der Waals surface area contributed by atoms with E-state index in [2.05, 4.69) is 54.3 Å². The number of unbranched alkanes of at least 4 members (excludes halogenated alkanes) is 1. The summed E-state index contributed by atoms with van der Waals surface area (Å²) in [6, 6.07) is 16.0. The summed E-state index contributed by atoms with van der Waals surface area (Å²) in [5, 5.41) is 4.33. The van der Waals surface area contributed by atoms with E-state index in [0.29, 0.717) is 24.4 Å². The van der Waals surface area contributed by atoms with Crippen molar-refractivity contribution in [3.8, 4) is 5.75 Å². The average Bonchev–Trinajstić information content (AvgIpc) is 3.22. The molecule has 5 heteroatoms. The fourth-order valence-electron chi connectivity index (χ4n) is 4.95. The zero-order valence-corrected chi connectivity index (χ0v) is 20.9. The summed E-state index contributed by atoms with van der Waals surface area (Å²) in [5.41, 5.74) is 3.75. The van der Waals surface area contributed by atoms with E-state index in [1.165, 1.54) is 23.8 Å². The number of anilines is 1. The zero-order chi connectivity index (χ0) is 24.0. The Balaban J connectivity index is 1.27. The highest BCUT2D eigenvalue weighted by Crippen LogP contribution is 2.35. The molecule has 0 saturated carbocycles. The molecule has 1 fully saturated rings. The largest absolute Gasteiger partial charge is 0.494 e. The average molecular weight is 462 g/mol. The number of likely N-dealkylation sites (tertiary alicyclic amines) is 1. The molecule has 5 nitrogen and oxygen atoms in total. The summed E-state index contributed by atoms with van der Waals surface area (Å²) < 4.78 is 5.71. The van der Waals surface area contributed by atoms with Crippen LogP contribution in [0.15, 0.2) is 54.7 Å². The number of carbonyl (C=O) groups is 1. The molecule has 3 aromatic rings. The minimum Gasteiger partial charge on any atom is -0.494 e. The van der Waals surface area contributed by atoms with E-state index >= 15 is 0 Å². The lowest BCUT2D eigenvalue weighted by molar-refractivity contribution is -0.116. The molecule has 0 atom stereocenters.